The summed E-state index contributed by atoms with van der Waals surface area (Å²) in [5.74, 6) is -0.130. The average molecular weight is 454 g/mol. The molecule has 4 aromatic rings. The van der Waals surface area contributed by atoms with Crippen molar-refractivity contribution in [1.29, 1.82) is 0 Å². The van der Waals surface area contributed by atoms with Gasteiger partial charge in [0.05, 0.1) is 18.2 Å². The smallest absolute Gasteiger partial charge is 0.352 e. The van der Waals surface area contributed by atoms with Gasteiger partial charge in [-0.05, 0) is 42.3 Å². The summed E-state index contributed by atoms with van der Waals surface area (Å²) >= 11 is 1.29. The molecule has 0 saturated carbocycles. The Morgan fingerprint density at radius 1 is 1.28 bits per heavy atom. The Hall–Kier alpha value is -3.24. The lowest BCUT2D eigenvalue weighted by atomic mass is 10.1. The number of aryl methyl sites for hydroxylation is 1. The molecule has 9 nitrogen and oxygen atoms in total. The highest BCUT2D eigenvalue weighted by molar-refractivity contribution is 7.17. The predicted octanol–water partition coefficient (Wildman–Crippen LogP) is 2.25. The van der Waals surface area contributed by atoms with E-state index >= 15 is 0 Å². The molecule has 0 aliphatic carbocycles. The Balaban J connectivity index is 1.54. The Labute approximate surface area is 186 Å². The van der Waals surface area contributed by atoms with Gasteiger partial charge in [0.15, 0.2) is 0 Å². The summed E-state index contributed by atoms with van der Waals surface area (Å²) in [5.41, 5.74) is 1.58. The van der Waals surface area contributed by atoms with Crippen LogP contribution in [0, 0.1) is 0 Å². The van der Waals surface area contributed by atoms with Crippen molar-refractivity contribution in [1.82, 2.24) is 18.7 Å². The van der Waals surface area contributed by atoms with Crippen molar-refractivity contribution in [3.63, 3.8) is 0 Å². The van der Waals surface area contributed by atoms with E-state index in [1.54, 1.807) is 11.4 Å². The zero-order valence-corrected chi connectivity index (χ0v) is 18.4. The molecule has 0 radical (unpaired) electrons. The van der Waals surface area contributed by atoms with Crippen LogP contribution in [-0.2, 0) is 29.0 Å². The maximum atomic E-state index is 13.2. The van der Waals surface area contributed by atoms with E-state index in [1.807, 2.05) is 31.2 Å². The third-order valence-electron chi connectivity index (χ3n) is 5.76. The molecule has 0 unspecified atom stereocenters. The molecule has 1 saturated heterocycles. The number of carbonyl (C=O) groups excluding carboxylic acids is 1. The number of hydrogen-bond donors (Lipinski definition) is 1. The number of carbonyl (C=O) groups is 1. The number of benzene rings is 1. The number of thiophene rings is 1. The summed E-state index contributed by atoms with van der Waals surface area (Å²) in [6.45, 7) is 2.75. The highest BCUT2D eigenvalue weighted by Gasteiger charge is 2.23. The van der Waals surface area contributed by atoms with Gasteiger partial charge in [-0.25, -0.2) is 13.9 Å². The summed E-state index contributed by atoms with van der Waals surface area (Å²) in [6.07, 6.45) is 2.47. The molecule has 3 aromatic heterocycles. The Morgan fingerprint density at radius 2 is 2.12 bits per heavy atom. The second-order valence-electron chi connectivity index (χ2n) is 7.82. The van der Waals surface area contributed by atoms with Gasteiger partial charge in [-0.3, -0.25) is 14.2 Å². The van der Waals surface area contributed by atoms with Crippen LogP contribution in [0.4, 0.5) is 5.69 Å². The topological polar surface area (TPSA) is 99.6 Å². The summed E-state index contributed by atoms with van der Waals surface area (Å²) in [5, 5.41) is 9.03. The zero-order valence-electron chi connectivity index (χ0n) is 17.6. The van der Waals surface area contributed by atoms with Crippen LogP contribution >= 0.6 is 11.3 Å². The number of aromatic nitrogens is 4. The van der Waals surface area contributed by atoms with Crippen LogP contribution in [0.3, 0.4) is 0 Å². The SMILES string of the molecule is CCc1ccccc1NC(=O)Cn1nc2n(C[C@H]3CCCO3)c(=O)c3sccc3n2c1=O. The maximum absolute atomic E-state index is 13.2. The number of anilines is 1. The number of amides is 1. The fourth-order valence-electron chi connectivity index (χ4n) is 4.17. The van der Waals surface area contributed by atoms with Crippen LogP contribution in [0.5, 0.6) is 0 Å². The number of nitrogens with zero attached hydrogens (tertiary/aromatic N) is 4. The first kappa shape index (κ1) is 20.7. The number of para-hydroxylation sites is 1. The van der Waals surface area contributed by atoms with Gasteiger partial charge in [-0.15, -0.1) is 16.4 Å². The van der Waals surface area contributed by atoms with E-state index in [-0.39, 0.29) is 29.9 Å². The number of rotatable bonds is 6. The van der Waals surface area contributed by atoms with Crippen LogP contribution < -0.4 is 16.6 Å². The van der Waals surface area contributed by atoms with Crippen molar-refractivity contribution in [3.05, 3.63) is 62.1 Å². The molecule has 1 aliphatic rings. The third-order valence-corrected chi connectivity index (χ3v) is 6.66. The van der Waals surface area contributed by atoms with Gasteiger partial charge in [0.1, 0.15) is 11.2 Å². The van der Waals surface area contributed by atoms with Crippen molar-refractivity contribution in [2.24, 2.45) is 0 Å². The van der Waals surface area contributed by atoms with Crippen LogP contribution in [0.15, 0.2) is 45.3 Å². The van der Waals surface area contributed by atoms with E-state index in [0.717, 1.165) is 29.5 Å². The van der Waals surface area contributed by atoms with Crippen molar-refractivity contribution in [2.75, 3.05) is 11.9 Å². The fraction of sp³-hybridized carbons (Fsp3) is 0.364. The van der Waals surface area contributed by atoms with Gasteiger partial charge in [-0.2, -0.15) is 0 Å². The maximum Gasteiger partial charge on any atom is 0.352 e. The highest BCUT2D eigenvalue weighted by Crippen LogP contribution is 2.20. The minimum atomic E-state index is -0.455. The lowest BCUT2D eigenvalue weighted by molar-refractivity contribution is -0.117. The van der Waals surface area contributed by atoms with Crippen LogP contribution in [0.1, 0.15) is 25.3 Å². The summed E-state index contributed by atoms with van der Waals surface area (Å²) in [6, 6.07) is 9.28. The lowest BCUT2D eigenvalue weighted by Gasteiger charge is -2.12. The second-order valence-corrected chi connectivity index (χ2v) is 8.74. The van der Waals surface area contributed by atoms with Gasteiger partial charge in [-0.1, -0.05) is 25.1 Å². The van der Waals surface area contributed by atoms with Gasteiger partial charge >= 0.3 is 5.69 Å². The van der Waals surface area contributed by atoms with Gasteiger partial charge in [0, 0.05) is 12.3 Å². The number of fused-ring (bicyclic) bond motifs is 3. The van der Waals surface area contributed by atoms with E-state index in [9.17, 15) is 14.4 Å². The minimum absolute atomic E-state index is 0.0944. The molecule has 10 heteroatoms. The molecule has 166 valence electrons. The van der Waals surface area contributed by atoms with Gasteiger partial charge in [0.2, 0.25) is 11.7 Å². The molecule has 4 heterocycles. The summed E-state index contributed by atoms with van der Waals surface area (Å²) < 4.78 is 10.2. The molecule has 5 rings (SSSR count). The van der Waals surface area contributed by atoms with Gasteiger partial charge in [0.25, 0.3) is 5.56 Å². The van der Waals surface area contributed by atoms with Gasteiger partial charge < -0.3 is 10.1 Å². The van der Waals surface area contributed by atoms with E-state index in [2.05, 4.69) is 10.4 Å². The lowest BCUT2D eigenvalue weighted by Crippen LogP contribution is -2.30. The normalized spacial score (nSPS) is 16.2. The number of ether oxygens (including phenoxy) is 1. The van der Waals surface area contributed by atoms with E-state index in [0.29, 0.717) is 29.1 Å². The predicted molar refractivity (Wildman–Crippen MR) is 123 cm³/mol. The molecule has 32 heavy (non-hydrogen) atoms. The summed E-state index contributed by atoms with van der Waals surface area (Å²) in [4.78, 5) is 39.0. The molecule has 1 amide bonds. The van der Waals surface area contributed by atoms with Crippen molar-refractivity contribution >= 4 is 38.9 Å². The second kappa shape index (κ2) is 8.36. The summed E-state index contributed by atoms with van der Waals surface area (Å²) in [7, 11) is 0. The number of hydrogen-bond acceptors (Lipinski definition) is 6. The molecule has 1 aromatic carbocycles. The monoisotopic (exact) mass is 453 g/mol. The third kappa shape index (κ3) is 3.55. The largest absolute Gasteiger partial charge is 0.376 e. The standard InChI is InChI=1S/C22H23N5O4S/c1-2-14-6-3-4-8-16(14)23-18(28)13-26-22(30)27-17-9-11-32-19(17)20(29)25(21(27)24-26)12-15-7-5-10-31-15/h3-4,6,8-9,11,15H,2,5,7,10,12-13H2,1H3,(H,23,28)/t15-/m1/s1. The molecule has 1 N–H and O–H groups in total. The molecule has 0 spiro atoms. The highest BCUT2D eigenvalue weighted by atomic mass is 32.1. The minimum Gasteiger partial charge on any atom is -0.376 e. The van der Waals surface area contributed by atoms with Crippen molar-refractivity contribution in [3.8, 4) is 0 Å². The molecule has 1 aliphatic heterocycles. The zero-order chi connectivity index (χ0) is 22.2. The number of nitrogens with one attached hydrogen (secondary N) is 1. The average Bonchev–Trinajstić information content (AvgIpc) is 3.53. The van der Waals surface area contributed by atoms with E-state index < -0.39 is 5.69 Å². The van der Waals surface area contributed by atoms with E-state index in [1.165, 1.54) is 20.3 Å². The Bertz CT molecular complexity index is 1420. The molecular formula is C22H23N5O4S. The van der Waals surface area contributed by atoms with Crippen LogP contribution in [0.25, 0.3) is 16.0 Å². The van der Waals surface area contributed by atoms with Crippen LogP contribution in [0.2, 0.25) is 0 Å². The van der Waals surface area contributed by atoms with E-state index in [4.69, 9.17) is 4.74 Å². The first-order valence-corrected chi connectivity index (χ1v) is 11.5. The quantitative estimate of drug-likeness (QED) is 0.483. The molecule has 1 fully saturated rings. The Morgan fingerprint density at radius 3 is 2.91 bits per heavy atom. The van der Waals surface area contributed by atoms with Crippen molar-refractivity contribution in [2.45, 2.75) is 45.4 Å². The first-order chi connectivity index (χ1) is 15.6. The first-order valence-electron chi connectivity index (χ1n) is 10.7. The van der Waals surface area contributed by atoms with Crippen LogP contribution in [-0.4, -0.2) is 37.4 Å². The fourth-order valence-corrected chi connectivity index (χ4v) is 4.99. The Kier molecular flexibility index (Phi) is 5.40. The molecular weight excluding hydrogens is 430 g/mol. The molecule has 0 bridgehead atoms. The molecule has 1 atom stereocenters. The van der Waals surface area contributed by atoms with Crippen molar-refractivity contribution < 1.29 is 9.53 Å².